The number of rotatable bonds is 0. The molecule has 0 fully saturated rings. The number of halogens is 2. The van der Waals surface area contributed by atoms with Crippen molar-refractivity contribution in [2.45, 2.75) is 0 Å². The van der Waals surface area contributed by atoms with Crippen molar-refractivity contribution in [1.82, 2.24) is 14.7 Å². The smallest absolute Gasteiger partial charge is 0.270 e. The molecule has 3 aromatic rings. The molecule has 0 spiro atoms. The molecule has 0 aliphatic carbocycles. The Hall–Kier alpha value is -1.15. The van der Waals surface area contributed by atoms with Crippen LogP contribution in [0.1, 0.15) is 0 Å². The van der Waals surface area contributed by atoms with Gasteiger partial charge >= 0.3 is 0 Å². The van der Waals surface area contributed by atoms with Crippen LogP contribution in [0, 0.1) is 8.78 Å². The first-order valence-corrected chi connectivity index (χ1v) is 5.85. The Balaban J connectivity index is 2.62. The maximum atomic E-state index is 11.7. The molecule has 0 atom stereocenters. The van der Waals surface area contributed by atoms with Crippen LogP contribution in [0.25, 0.3) is 16.7 Å². The summed E-state index contributed by atoms with van der Waals surface area (Å²) < 4.78 is 2.58. The topological polar surface area (TPSA) is 57.1 Å². The van der Waals surface area contributed by atoms with Crippen LogP contribution in [0.15, 0.2) is 24.4 Å². The molecule has 2 aromatic heterocycles. The zero-order valence-electron chi connectivity index (χ0n) is 7.76. The second-order valence-electron chi connectivity index (χ2n) is 3.23. The van der Waals surface area contributed by atoms with E-state index in [-0.39, 0.29) is 0 Å². The van der Waals surface area contributed by atoms with E-state index in [1.54, 1.807) is 10.6 Å². The third-order valence-corrected chi connectivity index (χ3v) is 3.20. The highest BCUT2D eigenvalue weighted by atomic mass is 127. The van der Waals surface area contributed by atoms with Crippen molar-refractivity contribution in [3.63, 3.8) is 0 Å². The molecule has 0 saturated carbocycles. The molecule has 0 aliphatic rings. The number of fused-ring (bicyclic) bond motifs is 3. The van der Waals surface area contributed by atoms with Gasteiger partial charge in [0.1, 0.15) is 10.5 Å². The molecule has 0 aliphatic heterocycles. The van der Waals surface area contributed by atoms with E-state index in [9.17, 15) is 5.21 Å². The van der Waals surface area contributed by atoms with Gasteiger partial charge in [-0.2, -0.15) is 5.10 Å². The summed E-state index contributed by atoms with van der Waals surface area (Å²) in [4.78, 5) is 0.564. The molecule has 0 bridgehead atoms. The highest BCUT2D eigenvalue weighted by Crippen LogP contribution is 2.19. The van der Waals surface area contributed by atoms with Crippen LogP contribution in [-0.4, -0.2) is 14.7 Å². The molecule has 0 amide bonds. The SMILES string of the molecule is [O-][n+]1nc2c(Cl)cnn2c2cc(I)ccc21. The summed E-state index contributed by atoms with van der Waals surface area (Å²) in [5.74, 6) is 0. The van der Waals surface area contributed by atoms with E-state index in [1.807, 2.05) is 12.1 Å². The van der Waals surface area contributed by atoms with Crippen molar-refractivity contribution in [2.75, 3.05) is 0 Å². The first kappa shape index (κ1) is 10.0. The van der Waals surface area contributed by atoms with Crippen LogP contribution in [0.4, 0.5) is 0 Å². The minimum absolute atomic E-state index is 0.366. The third-order valence-electron chi connectivity index (χ3n) is 2.26. The zero-order chi connectivity index (χ0) is 11.3. The van der Waals surface area contributed by atoms with Crippen molar-refractivity contribution in [3.8, 4) is 0 Å². The molecule has 0 unspecified atom stereocenters. The number of hydrogen-bond acceptors (Lipinski definition) is 3. The minimum Gasteiger partial charge on any atom is -0.594 e. The first-order valence-electron chi connectivity index (χ1n) is 4.39. The predicted octanol–water partition coefficient (Wildman–Crippen LogP) is 1.77. The van der Waals surface area contributed by atoms with E-state index in [2.05, 4.69) is 32.8 Å². The number of benzene rings is 1. The summed E-state index contributed by atoms with van der Waals surface area (Å²) >= 11 is 8.06. The van der Waals surface area contributed by atoms with E-state index < -0.39 is 0 Å². The summed E-state index contributed by atoms with van der Waals surface area (Å²) in [5, 5.41) is 19.9. The van der Waals surface area contributed by atoms with E-state index in [0.29, 0.717) is 26.5 Å². The van der Waals surface area contributed by atoms with Crippen LogP contribution in [0.2, 0.25) is 5.02 Å². The Morgan fingerprint density at radius 2 is 2.25 bits per heavy atom. The second-order valence-corrected chi connectivity index (χ2v) is 4.89. The molecule has 16 heavy (non-hydrogen) atoms. The molecule has 1 aromatic carbocycles. The van der Waals surface area contributed by atoms with Crippen molar-refractivity contribution in [1.29, 1.82) is 0 Å². The zero-order valence-corrected chi connectivity index (χ0v) is 10.7. The summed E-state index contributed by atoms with van der Waals surface area (Å²) in [6.45, 7) is 0. The predicted molar refractivity (Wildman–Crippen MR) is 67.2 cm³/mol. The van der Waals surface area contributed by atoms with E-state index in [1.165, 1.54) is 6.20 Å². The molecule has 5 nitrogen and oxygen atoms in total. The molecular weight excluding hydrogens is 342 g/mol. The largest absolute Gasteiger partial charge is 0.594 e. The molecule has 0 radical (unpaired) electrons. The Bertz CT molecular complexity index is 711. The molecule has 0 saturated heterocycles. The lowest BCUT2D eigenvalue weighted by molar-refractivity contribution is -0.640. The van der Waals surface area contributed by atoms with Gasteiger partial charge in [0.2, 0.25) is 5.65 Å². The van der Waals surface area contributed by atoms with Crippen LogP contribution >= 0.6 is 34.2 Å². The molecule has 2 heterocycles. The Kier molecular flexibility index (Phi) is 2.15. The maximum Gasteiger partial charge on any atom is 0.270 e. The molecule has 0 N–H and O–H groups in total. The van der Waals surface area contributed by atoms with Gasteiger partial charge in [-0.25, -0.2) is 4.52 Å². The van der Waals surface area contributed by atoms with Crippen LogP contribution in [0.5, 0.6) is 0 Å². The fourth-order valence-electron chi connectivity index (χ4n) is 1.56. The highest BCUT2D eigenvalue weighted by Gasteiger charge is 2.14. The summed E-state index contributed by atoms with van der Waals surface area (Å²) in [5.41, 5.74) is 1.53. The summed E-state index contributed by atoms with van der Waals surface area (Å²) in [7, 11) is 0. The first-order chi connectivity index (χ1) is 7.66. The molecule has 3 rings (SSSR count). The van der Waals surface area contributed by atoms with Gasteiger partial charge in [-0.1, -0.05) is 11.6 Å². The van der Waals surface area contributed by atoms with Crippen LogP contribution in [0.3, 0.4) is 0 Å². The van der Waals surface area contributed by atoms with Gasteiger partial charge < -0.3 is 5.21 Å². The lowest BCUT2D eigenvalue weighted by atomic mass is 10.3. The molecule has 80 valence electrons. The monoisotopic (exact) mass is 346 g/mol. The second kappa shape index (κ2) is 3.42. The summed E-state index contributed by atoms with van der Waals surface area (Å²) in [6.07, 6.45) is 1.48. The van der Waals surface area contributed by atoms with Crippen molar-refractivity contribution in [2.24, 2.45) is 0 Å². The van der Waals surface area contributed by atoms with Crippen LogP contribution in [-0.2, 0) is 0 Å². The Morgan fingerprint density at radius 1 is 1.44 bits per heavy atom. The Labute approximate surface area is 108 Å². The van der Waals surface area contributed by atoms with Crippen LogP contribution < -0.4 is 4.85 Å². The normalized spacial score (nSPS) is 11.4. The summed E-state index contributed by atoms with van der Waals surface area (Å²) in [6, 6.07) is 5.42. The maximum absolute atomic E-state index is 11.7. The number of hydrogen-bond donors (Lipinski definition) is 0. The van der Waals surface area contributed by atoms with Crippen molar-refractivity contribution >= 4 is 50.9 Å². The van der Waals surface area contributed by atoms with Crippen molar-refractivity contribution < 1.29 is 4.85 Å². The molecular formula is C9H4ClIN4O. The van der Waals surface area contributed by atoms with Gasteiger partial charge in [0.15, 0.2) is 0 Å². The van der Waals surface area contributed by atoms with Gasteiger partial charge in [-0.05, 0) is 39.6 Å². The van der Waals surface area contributed by atoms with Gasteiger partial charge in [-0.3, -0.25) is 0 Å². The minimum atomic E-state index is 0.366. The fraction of sp³-hybridized carbons (Fsp3) is 0. The highest BCUT2D eigenvalue weighted by molar-refractivity contribution is 14.1. The van der Waals surface area contributed by atoms with E-state index >= 15 is 0 Å². The van der Waals surface area contributed by atoms with Gasteiger partial charge in [0.05, 0.1) is 6.20 Å². The third kappa shape index (κ3) is 1.33. The lowest BCUT2D eigenvalue weighted by Gasteiger charge is -2.01. The fourth-order valence-corrected chi connectivity index (χ4v) is 2.19. The number of aromatic nitrogens is 4. The quantitative estimate of drug-likeness (QED) is 0.354. The van der Waals surface area contributed by atoms with Crippen molar-refractivity contribution in [3.05, 3.63) is 38.2 Å². The van der Waals surface area contributed by atoms with Gasteiger partial charge in [-0.15, -0.1) is 0 Å². The number of nitrogens with zero attached hydrogens (tertiary/aromatic N) is 4. The van der Waals surface area contributed by atoms with E-state index in [4.69, 9.17) is 11.6 Å². The van der Waals surface area contributed by atoms with Gasteiger partial charge in [0.25, 0.3) is 5.52 Å². The van der Waals surface area contributed by atoms with Gasteiger partial charge in [0, 0.05) is 14.7 Å². The standard InChI is InChI=1S/C9H4ClIN4O/c10-6-4-12-14-8-3-5(11)1-2-7(8)15(16)13-9(6)14/h1-4H. The average molecular weight is 347 g/mol. The average Bonchev–Trinajstić information content (AvgIpc) is 2.61. The van der Waals surface area contributed by atoms with E-state index in [0.717, 1.165) is 3.57 Å². The lowest BCUT2D eigenvalue weighted by Crippen LogP contribution is -2.33. The molecule has 7 heteroatoms. The Morgan fingerprint density at radius 3 is 3.06 bits per heavy atom.